The molecule has 0 radical (unpaired) electrons. The Kier molecular flexibility index (Phi) is 6.45. The van der Waals surface area contributed by atoms with E-state index in [9.17, 15) is 14.9 Å². The van der Waals surface area contributed by atoms with Gasteiger partial charge in [0.25, 0.3) is 5.69 Å². The first-order chi connectivity index (χ1) is 15.9. The van der Waals surface area contributed by atoms with Crippen LogP contribution in [0, 0.1) is 17.0 Å². The number of non-ortho nitro benzene ring substituents is 1. The van der Waals surface area contributed by atoms with Gasteiger partial charge in [0.1, 0.15) is 16.6 Å². The Hall–Kier alpha value is -4.05. The number of hydrogen-bond acceptors (Lipinski definition) is 7. The third kappa shape index (κ3) is 5.24. The van der Waals surface area contributed by atoms with Gasteiger partial charge in [0.15, 0.2) is 0 Å². The highest BCUT2D eigenvalue weighted by atomic mass is 32.1. The number of rotatable bonds is 8. The number of anilines is 1. The number of aryl methyl sites for hydroxylation is 1. The standard InChI is InChI=1S/C23H21N5O4S/c1-3-32-20-10-4-16(5-11-20)23-24-17(14-33-23)13-22(29)25-21-12-15(2)26-27(21)18-6-8-19(9-7-18)28(30)31/h4-12,14H,3,13H2,1-2H3,(H,25,29). The van der Waals surface area contributed by atoms with Crippen LogP contribution in [-0.2, 0) is 11.2 Å². The highest BCUT2D eigenvalue weighted by molar-refractivity contribution is 7.13. The number of benzene rings is 2. The van der Waals surface area contributed by atoms with E-state index in [1.165, 1.54) is 23.5 Å². The average molecular weight is 464 g/mol. The van der Waals surface area contributed by atoms with Gasteiger partial charge in [-0.3, -0.25) is 14.9 Å². The van der Waals surface area contributed by atoms with Crippen molar-refractivity contribution in [1.82, 2.24) is 14.8 Å². The SMILES string of the molecule is CCOc1ccc(-c2nc(CC(=O)Nc3cc(C)nn3-c3ccc([N+](=O)[O-])cc3)cs2)cc1. The number of nitro groups is 1. The van der Waals surface area contributed by atoms with Crippen LogP contribution in [0.2, 0.25) is 0 Å². The summed E-state index contributed by atoms with van der Waals surface area (Å²) < 4.78 is 7.01. The van der Waals surface area contributed by atoms with Crippen LogP contribution in [-0.4, -0.2) is 32.2 Å². The Morgan fingerprint density at radius 1 is 1.18 bits per heavy atom. The molecule has 0 aliphatic rings. The lowest BCUT2D eigenvalue weighted by atomic mass is 10.2. The van der Waals surface area contributed by atoms with Gasteiger partial charge < -0.3 is 10.1 Å². The molecule has 33 heavy (non-hydrogen) atoms. The number of nitro benzene ring substituents is 1. The highest BCUT2D eigenvalue weighted by Gasteiger charge is 2.14. The second-order valence-corrected chi connectivity index (χ2v) is 8.04. The smallest absolute Gasteiger partial charge is 0.269 e. The number of hydrogen-bond donors (Lipinski definition) is 1. The molecule has 0 saturated carbocycles. The van der Waals surface area contributed by atoms with Crippen molar-refractivity contribution in [2.24, 2.45) is 0 Å². The molecule has 0 fully saturated rings. The fraction of sp³-hybridized carbons (Fsp3) is 0.174. The van der Waals surface area contributed by atoms with E-state index >= 15 is 0 Å². The summed E-state index contributed by atoms with van der Waals surface area (Å²) in [5.41, 5.74) is 2.92. The summed E-state index contributed by atoms with van der Waals surface area (Å²) in [5, 5.41) is 20.8. The van der Waals surface area contributed by atoms with Crippen LogP contribution in [0.15, 0.2) is 60.0 Å². The van der Waals surface area contributed by atoms with Crippen molar-refractivity contribution in [3.8, 4) is 22.0 Å². The van der Waals surface area contributed by atoms with Gasteiger partial charge in [-0.2, -0.15) is 5.10 Å². The zero-order valence-corrected chi connectivity index (χ0v) is 18.8. The second-order valence-electron chi connectivity index (χ2n) is 7.18. The normalized spacial score (nSPS) is 10.7. The molecule has 0 spiro atoms. The second kappa shape index (κ2) is 9.61. The summed E-state index contributed by atoms with van der Waals surface area (Å²) in [6.07, 6.45) is 0.109. The molecular formula is C23H21N5O4S. The van der Waals surface area contributed by atoms with Crippen LogP contribution < -0.4 is 10.1 Å². The summed E-state index contributed by atoms with van der Waals surface area (Å²) in [6, 6.07) is 15.4. The van der Waals surface area contributed by atoms with Crippen molar-refractivity contribution in [2.45, 2.75) is 20.3 Å². The first kappa shape index (κ1) is 22.2. The van der Waals surface area contributed by atoms with Crippen molar-refractivity contribution >= 4 is 28.7 Å². The maximum absolute atomic E-state index is 12.7. The quantitative estimate of drug-likeness (QED) is 0.297. The minimum Gasteiger partial charge on any atom is -0.494 e. The lowest BCUT2D eigenvalue weighted by Crippen LogP contribution is -2.17. The molecule has 4 rings (SSSR count). The molecular weight excluding hydrogens is 442 g/mol. The van der Waals surface area contributed by atoms with Crippen molar-refractivity contribution < 1.29 is 14.5 Å². The molecule has 2 aromatic carbocycles. The van der Waals surface area contributed by atoms with E-state index in [-0.39, 0.29) is 18.0 Å². The molecule has 0 saturated heterocycles. The minimum absolute atomic E-state index is 0.0138. The molecule has 168 valence electrons. The Morgan fingerprint density at radius 2 is 1.91 bits per heavy atom. The third-order valence-corrected chi connectivity index (χ3v) is 5.65. The van der Waals surface area contributed by atoms with E-state index in [1.54, 1.807) is 29.8 Å². The van der Waals surface area contributed by atoms with Gasteiger partial charge in [0, 0.05) is 29.1 Å². The predicted octanol–water partition coefficient (Wildman–Crippen LogP) is 4.79. The average Bonchev–Trinajstić information content (AvgIpc) is 3.41. The van der Waals surface area contributed by atoms with E-state index in [2.05, 4.69) is 15.4 Å². The Bertz CT molecular complexity index is 1280. The molecule has 1 amide bonds. The summed E-state index contributed by atoms with van der Waals surface area (Å²) >= 11 is 1.47. The molecule has 0 atom stereocenters. The van der Waals surface area contributed by atoms with Crippen LogP contribution in [0.3, 0.4) is 0 Å². The van der Waals surface area contributed by atoms with Crippen LogP contribution in [0.25, 0.3) is 16.3 Å². The zero-order valence-electron chi connectivity index (χ0n) is 18.0. The fourth-order valence-corrected chi connectivity index (χ4v) is 4.06. The molecule has 4 aromatic rings. The van der Waals surface area contributed by atoms with Crippen molar-refractivity contribution in [1.29, 1.82) is 0 Å². The van der Waals surface area contributed by atoms with Gasteiger partial charge in [-0.15, -0.1) is 11.3 Å². The summed E-state index contributed by atoms with van der Waals surface area (Å²) in [6.45, 7) is 4.35. The summed E-state index contributed by atoms with van der Waals surface area (Å²) in [4.78, 5) is 27.7. The van der Waals surface area contributed by atoms with Crippen LogP contribution in [0.1, 0.15) is 18.3 Å². The molecule has 0 aliphatic heterocycles. The molecule has 9 nitrogen and oxygen atoms in total. The first-order valence-electron chi connectivity index (χ1n) is 10.2. The molecule has 0 aliphatic carbocycles. The van der Waals surface area contributed by atoms with Gasteiger partial charge in [0.05, 0.1) is 35.0 Å². The van der Waals surface area contributed by atoms with Gasteiger partial charge in [-0.25, -0.2) is 9.67 Å². The Morgan fingerprint density at radius 3 is 2.58 bits per heavy atom. The molecule has 2 heterocycles. The largest absolute Gasteiger partial charge is 0.494 e. The molecule has 0 bridgehead atoms. The van der Waals surface area contributed by atoms with Crippen molar-refractivity contribution in [2.75, 3.05) is 11.9 Å². The van der Waals surface area contributed by atoms with Gasteiger partial charge >= 0.3 is 0 Å². The lowest BCUT2D eigenvalue weighted by molar-refractivity contribution is -0.384. The summed E-state index contributed by atoms with van der Waals surface area (Å²) in [5.74, 6) is 1.05. The van der Waals surface area contributed by atoms with E-state index in [1.807, 2.05) is 36.6 Å². The van der Waals surface area contributed by atoms with Gasteiger partial charge in [-0.05, 0) is 50.2 Å². The number of nitrogens with one attached hydrogen (secondary N) is 1. The van der Waals surface area contributed by atoms with Crippen LogP contribution in [0.5, 0.6) is 5.75 Å². The molecule has 0 unspecified atom stereocenters. The number of carbonyl (C=O) groups excluding carboxylic acids is 1. The van der Waals surface area contributed by atoms with Gasteiger partial charge in [-0.1, -0.05) is 0 Å². The van der Waals surface area contributed by atoms with Crippen LogP contribution in [0.4, 0.5) is 11.5 Å². The first-order valence-corrected chi connectivity index (χ1v) is 11.1. The number of ether oxygens (including phenoxy) is 1. The minimum atomic E-state index is -0.462. The number of carbonyl (C=O) groups is 1. The highest BCUT2D eigenvalue weighted by Crippen LogP contribution is 2.26. The third-order valence-electron chi connectivity index (χ3n) is 4.71. The van der Waals surface area contributed by atoms with Gasteiger partial charge in [0.2, 0.25) is 5.91 Å². The zero-order chi connectivity index (χ0) is 23.4. The predicted molar refractivity (Wildman–Crippen MR) is 126 cm³/mol. The maximum atomic E-state index is 12.7. The molecule has 1 N–H and O–H groups in total. The summed E-state index contributed by atoms with van der Waals surface area (Å²) in [7, 11) is 0. The Labute approximate surface area is 193 Å². The number of aromatic nitrogens is 3. The van der Waals surface area contributed by atoms with E-state index < -0.39 is 4.92 Å². The van der Waals surface area contributed by atoms with E-state index in [0.717, 1.165) is 16.3 Å². The fourth-order valence-electron chi connectivity index (χ4n) is 3.23. The molecule has 2 aromatic heterocycles. The van der Waals surface area contributed by atoms with E-state index in [0.29, 0.717) is 29.5 Å². The van der Waals surface area contributed by atoms with E-state index in [4.69, 9.17) is 4.74 Å². The number of nitrogens with zero attached hydrogens (tertiary/aromatic N) is 4. The van der Waals surface area contributed by atoms with Crippen molar-refractivity contribution in [3.05, 3.63) is 81.5 Å². The molecule has 10 heteroatoms. The maximum Gasteiger partial charge on any atom is 0.269 e. The van der Waals surface area contributed by atoms with Crippen molar-refractivity contribution in [3.63, 3.8) is 0 Å². The van der Waals surface area contributed by atoms with Crippen LogP contribution >= 0.6 is 11.3 Å². The number of thiazole rings is 1. The lowest BCUT2D eigenvalue weighted by Gasteiger charge is -2.08. The topological polar surface area (TPSA) is 112 Å². The monoisotopic (exact) mass is 463 g/mol. The Balaban J connectivity index is 1.45. The number of amides is 1.